The average molecular weight is 177 g/mol. The topological polar surface area (TPSA) is 9.23 Å². The summed E-state index contributed by atoms with van der Waals surface area (Å²) in [6, 6.07) is 0. The predicted molar refractivity (Wildman–Crippen MR) is 48.0 cm³/mol. The normalized spacial score (nSPS) is 27.0. The second kappa shape index (κ2) is 3.77. The lowest BCUT2D eigenvalue weighted by Crippen LogP contribution is -2.32. The molecule has 1 aliphatic heterocycles. The van der Waals surface area contributed by atoms with E-state index < -0.39 is 0 Å². The van der Waals surface area contributed by atoms with Gasteiger partial charge in [-0.05, 0) is 24.2 Å². The molecular weight excluding hydrogens is 160 g/mol. The van der Waals surface area contributed by atoms with Crippen molar-refractivity contribution in [2.24, 2.45) is 11.3 Å². The number of rotatable bonds is 2. The second-order valence-electron chi connectivity index (χ2n) is 4.04. The van der Waals surface area contributed by atoms with Crippen molar-refractivity contribution >= 4 is 11.6 Å². The van der Waals surface area contributed by atoms with Gasteiger partial charge in [-0.15, -0.1) is 11.6 Å². The van der Waals surface area contributed by atoms with Crippen molar-refractivity contribution in [3.63, 3.8) is 0 Å². The van der Waals surface area contributed by atoms with Crippen molar-refractivity contribution in [1.82, 2.24) is 0 Å². The lowest BCUT2D eigenvalue weighted by atomic mass is 9.78. The first-order valence-electron chi connectivity index (χ1n) is 4.30. The van der Waals surface area contributed by atoms with Gasteiger partial charge in [0, 0.05) is 19.1 Å². The van der Waals surface area contributed by atoms with Gasteiger partial charge in [-0.1, -0.05) is 13.8 Å². The summed E-state index contributed by atoms with van der Waals surface area (Å²) in [6.45, 7) is 6.28. The van der Waals surface area contributed by atoms with Gasteiger partial charge in [0.25, 0.3) is 0 Å². The largest absolute Gasteiger partial charge is 0.381 e. The van der Waals surface area contributed by atoms with E-state index in [1.807, 2.05) is 0 Å². The second-order valence-corrected chi connectivity index (χ2v) is 4.30. The van der Waals surface area contributed by atoms with E-state index in [0.717, 1.165) is 19.1 Å². The van der Waals surface area contributed by atoms with E-state index in [0.29, 0.717) is 5.92 Å². The van der Waals surface area contributed by atoms with Crippen LogP contribution in [0.25, 0.3) is 0 Å². The molecule has 0 aromatic rings. The van der Waals surface area contributed by atoms with Crippen molar-refractivity contribution in [2.45, 2.75) is 26.7 Å². The SMILES string of the molecule is CC(C)(CCl)C1CCCOC1. The predicted octanol–water partition coefficient (Wildman–Crippen LogP) is 2.68. The Kier molecular flexibility index (Phi) is 3.20. The summed E-state index contributed by atoms with van der Waals surface area (Å²) >= 11 is 5.87. The minimum atomic E-state index is 0.252. The van der Waals surface area contributed by atoms with Crippen molar-refractivity contribution in [2.75, 3.05) is 19.1 Å². The van der Waals surface area contributed by atoms with Crippen molar-refractivity contribution in [3.05, 3.63) is 0 Å². The zero-order valence-electron chi connectivity index (χ0n) is 7.40. The van der Waals surface area contributed by atoms with E-state index in [4.69, 9.17) is 16.3 Å². The molecule has 1 unspecified atom stereocenters. The molecule has 0 bridgehead atoms. The molecular formula is C9H17ClO. The fourth-order valence-electron chi connectivity index (χ4n) is 1.47. The van der Waals surface area contributed by atoms with Crippen LogP contribution in [0.3, 0.4) is 0 Å². The summed E-state index contributed by atoms with van der Waals surface area (Å²) < 4.78 is 5.41. The van der Waals surface area contributed by atoms with Gasteiger partial charge in [0.1, 0.15) is 0 Å². The molecule has 1 aliphatic rings. The molecule has 0 N–H and O–H groups in total. The summed E-state index contributed by atoms with van der Waals surface area (Å²) in [5.74, 6) is 1.40. The van der Waals surface area contributed by atoms with E-state index in [2.05, 4.69) is 13.8 Å². The third kappa shape index (κ3) is 2.34. The first-order valence-corrected chi connectivity index (χ1v) is 4.84. The third-order valence-electron chi connectivity index (χ3n) is 2.61. The van der Waals surface area contributed by atoms with Crippen LogP contribution >= 0.6 is 11.6 Å². The fourth-order valence-corrected chi connectivity index (χ4v) is 1.68. The molecule has 1 saturated heterocycles. The summed E-state index contributed by atoms with van der Waals surface area (Å²) in [4.78, 5) is 0. The van der Waals surface area contributed by atoms with Crippen LogP contribution in [0.4, 0.5) is 0 Å². The average Bonchev–Trinajstić information content (AvgIpc) is 2.06. The summed E-state index contributed by atoms with van der Waals surface area (Å²) in [6.07, 6.45) is 2.48. The number of hydrogen-bond acceptors (Lipinski definition) is 1. The van der Waals surface area contributed by atoms with Crippen LogP contribution in [-0.4, -0.2) is 19.1 Å². The summed E-state index contributed by atoms with van der Waals surface area (Å²) in [7, 11) is 0. The van der Waals surface area contributed by atoms with Gasteiger partial charge in [-0.2, -0.15) is 0 Å². The fraction of sp³-hybridized carbons (Fsp3) is 1.00. The number of halogens is 1. The highest BCUT2D eigenvalue weighted by molar-refractivity contribution is 6.18. The van der Waals surface area contributed by atoms with Crippen LogP contribution < -0.4 is 0 Å². The maximum atomic E-state index is 5.87. The Labute approximate surface area is 74.1 Å². The maximum Gasteiger partial charge on any atom is 0.0499 e. The molecule has 0 radical (unpaired) electrons. The highest BCUT2D eigenvalue weighted by atomic mass is 35.5. The lowest BCUT2D eigenvalue weighted by molar-refractivity contribution is 0.0114. The number of alkyl halides is 1. The highest BCUT2D eigenvalue weighted by Gasteiger charge is 2.30. The number of hydrogen-bond donors (Lipinski definition) is 0. The molecule has 1 atom stereocenters. The monoisotopic (exact) mass is 176 g/mol. The zero-order chi connectivity index (χ0) is 8.32. The Balaban J connectivity index is 2.43. The molecule has 11 heavy (non-hydrogen) atoms. The highest BCUT2D eigenvalue weighted by Crippen LogP contribution is 2.33. The Hall–Kier alpha value is 0.250. The third-order valence-corrected chi connectivity index (χ3v) is 3.30. The molecule has 2 heteroatoms. The standard InChI is InChI=1S/C9H17ClO/c1-9(2,7-10)8-4-3-5-11-6-8/h8H,3-7H2,1-2H3. The van der Waals surface area contributed by atoms with E-state index in [-0.39, 0.29) is 5.41 Å². The van der Waals surface area contributed by atoms with Gasteiger partial charge in [0.15, 0.2) is 0 Å². The molecule has 0 saturated carbocycles. The molecule has 0 aliphatic carbocycles. The minimum Gasteiger partial charge on any atom is -0.381 e. The van der Waals surface area contributed by atoms with Crippen LogP contribution in [0.2, 0.25) is 0 Å². The lowest BCUT2D eigenvalue weighted by Gasteiger charge is -2.35. The molecule has 0 aromatic carbocycles. The van der Waals surface area contributed by atoms with Crippen LogP contribution in [0.5, 0.6) is 0 Å². The van der Waals surface area contributed by atoms with Crippen LogP contribution in [0.15, 0.2) is 0 Å². The quantitative estimate of drug-likeness (QED) is 0.588. The molecule has 0 amide bonds. The van der Waals surface area contributed by atoms with Crippen LogP contribution in [0.1, 0.15) is 26.7 Å². The Bertz CT molecular complexity index is 117. The molecule has 1 rings (SSSR count). The van der Waals surface area contributed by atoms with E-state index in [1.54, 1.807) is 0 Å². The molecule has 1 fully saturated rings. The van der Waals surface area contributed by atoms with E-state index in [9.17, 15) is 0 Å². The summed E-state index contributed by atoms with van der Waals surface area (Å²) in [5.41, 5.74) is 0.252. The van der Waals surface area contributed by atoms with Crippen LogP contribution in [0, 0.1) is 11.3 Å². The molecule has 66 valence electrons. The van der Waals surface area contributed by atoms with Gasteiger partial charge < -0.3 is 4.74 Å². The molecule has 0 spiro atoms. The maximum absolute atomic E-state index is 5.87. The molecule has 1 heterocycles. The van der Waals surface area contributed by atoms with Gasteiger partial charge in [0.2, 0.25) is 0 Å². The van der Waals surface area contributed by atoms with Gasteiger partial charge in [-0.3, -0.25) is 0 Å². The molecule has 1 nitrogen and oxygen atoms in total. The van der Waals surface area contributed by atoms with E-state index in [1.165, 1.54) is 12.8 Å². The van der Waals surface area contributed by atoms with E-state index >= 15 is 0 Å². The van der Waals surface area contributed by atoms with Crippen molar-refractivity contribution in [1.29, 1.82) is 0 Å². The van der Waals surface area contributed by atoms with Crippen molar-refractivity contribution in [3.8, 4) is 0 Å². The molecule has 0 aromatic heterocycles. The minimum absolute atomic E-state index is 0.252. The summed E-state index contributed by atoms with van der Waals surface area (Å²) in [5, 5.41) is 0. The zero-order valence-corrected chi connectivity index (χ0v) is 8.16. The van der Waals surface area contributed by atoms with Crippen molar-refractivity contribution < 1.29 is 4.74 Å². The Morgan fingerprint density at radius 3 is 2.73 bits per heavy atom. The Morgan fingerprint density at radius 2 is 2.27 bits per heavy atom. The first kappa shape index (κ1) is 9.34. The smallest absolute Gasteiger partial charge is 0.0499 e. The van der Waals surface area contributed by atoms with Gasteiger partial charge in [0.05, 0.1) is 0 Å². The van der Waals surface area contributed by atoms with Gasteiger partial charge in [-0.25, -0.2) is 0 Å². The number of ether oxygens (including phenoxy) is 1. The Morgan fingerprint density at radius 1 is 1.55 bits per heavy atom. The van der Waals surface area contributed by atoms with Gasteiger partial charge >= 0.3 is 0 Å². The van der Waals surface area contributed by atoms with Crippen LogP contribution in [-0.2, 0) is 4.74 Å². The first-order chi connectivity index (χ1) is 5.17.